The minimum atomic E-state index is -1.24. The second-order valence-corrected chi connectivity index (χ2v) is 6.91. The summed E-state index contributed by atoms with van der Waals surface area (Å²) in [6, 6.07) is 5.04. The van der Waals surface area contributed by atoms with Crippen LogP contribution in [-0.4, -0.2) is 28.5 Å². The highest BCUT2D eigenvalue weighted by molar-refractivity contribution is 6.42. The fourth-order valence-electron chi connectivity index (χ4n) is 3.04. The van der Waals surface area contributed by atoms with Crippen LogP contribution in [-0.2, 0) is 11.2 Å². The van der Waals surface area contributed by atoms with Crippen molar-refractivity contribution in [3.63, 3.8) is 0 Å². The number of halogens is 4. The van der Waals surface area contributed by atoms with Crippen LogP contribution in [0.1, 0.15) is 21.6 Å². The first-order valence-corrected chi connectivity index (χ1v) is 8.84. The van der Waals surface area contributed by atoms with Crippen LogP contribution < -0.4 is 5.32 Å². The average Bonchev–Trinajstić information content (AvgIpc) is 2.92. The normalized spacial score (nSPS) is 11.1. The zero-order chi connectivity index (χ0) is 20.7. The van der Waals surface area contributed by atoms with Crippen molar-refractivity contribution in [3.8, 4) is 5.75 Å². The molecule has 28 heavy (non-hydrogen) atoms. The molecule has 0 saturated heterocycles. The molecule has 0 radical (unpaired) electrons. The molecule has 1 heterocycles. The lowest BCUT2D eigenvalue weighted by Crippen LogP contribution is -2.21. The fourth-order valence-corrected chi connectivity index (χ4v) is 3.34. The first-order valence-electron chi connectivity index (χ1n) is 8.08. The molecular formula is C19H14Cl2F2N2O3. The van der Waals surface area contributed by atoms with E-state index in [4.69, 9.17) is 23.2 Å². The molecule has 0 saturated carbocycles. The Morgan fingerprint density at radius 2 is 1.86 bits per heavy atom. The summed E-state index contributed by atoms with van der Waals surface area (Å²) in [5.41, 5.74) is 0.421. The van der Waals surface area contributed by atoms with Crippen LogP contribution in [0.25, 0.3) is 10.9 Å². The second kappa shape index (κ2) is 7.41. The van der Waals surface area contributed by atoms with Crippen LogP contribution in [0.3, 0.4) is 0 Å². The van der Waals surface area contributed by atoms with Gasteiger partial charge in [-0.25, -0.2) is 8.78 Å². The van der Waals surface area contributed by atoms with E-state index in [1.54, 1.807) is 0 Å². The monoisotopic (exact) mass is 426 g/mol. The Balaban J connectivity index is 2.33. The van der Waals surface area contributed by atoms with Gasteiger partial charge in [0.25, 0.3) is 5.91 Å². The van der Waals surface area contributed by atoms with Gasteiger partial charge in [-0.2, -0.15) is 0 Å². The molecule has 3 rings (SSSR count). The van der Waals surface area contributed by atoms with Gasteiger partial charge < -0.3 is 10.4 Å². The van der Waals surface area contributed by atoms with Gasteiger partial charge in [0, 0.05) is 29.8 Å². The molecule has 1 amide bonds. The number of rotatable bonds is 3. The van der Waals surface area contributed by atoms with Gasteiger partial charge in [0.15, 0.2) is 17.4 Å². The summed E-state index contributed by atoms with van der Waals surface area (Å²) in [6.45, 7) is 1.50. The fraction of sp³-hybridized carbons (Fsp3) is 0.158. The van der Waals surface area contributed by atoms with Crippen LogP contribution in [0.2, 0.25) is 10.0 Å². The van der Waals surface area contributed by atoms with Gasteiger partial charge in [-0.1, -0.05) is 23.2 Å². The molecule has 2 N–H and O–H groups in total. The van der Waals surface area contributed by atoms with Crippen molar-refractivity contribution >= 4 is 45.9 Å². The van der Waals surface area contributed by atoms with Gasteiger partial charge in [0.1, 0.15) is 0 Å². The number of aromatic nitrogens is 1. The van der Waals surface area contributed by atoms with E-state index in [2.05, 4.69) is 5.32 Å². The van der Waals surface area contributed by atoms with Crippen molar-refractivity contribution in [1.29, 1.82) is 0 Å². The lowest BCUT2D eigenvalue weighted by molar-refractivity contribution is -0.119. The highest BCUT2D eigenvalue weighted by Gasteiger charge is 2.27. The lowest BCUT2D eigenvalue weighted by Gasteiger charge is -2.09. The van der Waals surface area contributed by atoms with E-state index in [1.165, 1.54) is 32.2 Å². The van der Waals surface area contributed by atoms with E-state index in [0.717, 1.165) is 10.6 Å². The number of hydrogen-bond acceptors (Lipinski definition) is 3. The number of hydrogen-bond donors (Lipinski definition) is 2. The summed E-state index contributed by atoms with van der Waals surface area (Å²) in [7, 11) is 1.41. The van der Waals surface area contributed by atoms with Crippen molar-refractivity contribution in [3.05, 3.63) is 62.8 Å². The number of carbonyl (C=O) groups is 2. The molecule has 146 valence electrons. The Labute approximate surface area is 168 Å². The van der Waals surface area contributed by atoms with Crippen LogP contribution >= 0.6 is 23.2 Å². The van der Waals surface area contributed by atoms with Crippen LogP contribution in [0.4, 0.5) is 8.78 Å². The van der Waals surface area contributed by atoms with Gasteiger partial charge in [-0.3, -0.25) is 14.2 Å². The van der Waals surface area contributed by atoms with E-state index >= 15 is 0 Å². The predicted molar refractivity (Wildman–Crippen MR) is 102 cm³/mol. The molecule has 0 atom stereocenters. The summed E-state index contributed by atoms with van der Waals surface area (Å²) in [5, 5.41) is 12.3. The number of nitrogens with one attached hydrogen (secondary N) is 1. The third-order valence-electron chi connectivity index (χ3n) is 4.47. The highest BCUT2D eigenvalue weighted by Crippen LogP contribution is 2.35. The number of fused-ring (bicyclic) bond motifs is 1. The third kappa shape index (κ3) is 3.21. The van der Waals surface area contributed by atoms with E-state index in [-0.39, 0.29) is 44.2 Å². The lowest BCUT2D eigenvalue weighted by atomic mass is 10.1. The summed E-state index contributed by atoms with van der Waals surface area (Å²) in [5.74, 6) is -4.69. The van der Waals surface area contributed by atoms with E-state index < -0.39 is 29.2 Å². The highest BCUT2D eigenvalue weighted by atomic mass is 35.5. The van der Waals surface area contributed by atoms with E-state index in [1.807, 2.05) is 0 Å². The minimum Gasteiger partial charge on any atom is -0.503 e. The third-order valence-corrected chi connectivity index (χ3v) is 5.21. The molecule has 3 aromatic rings. The molecule has 0 fully saturated rings. The zero-order valence-electron chi connectivity index (χ0n) is 14.7. The van der Waals surface area contributed by atoms with Gasteiger partial charge >= 0.3 is 0 Å². The molecular weight excluding hydrogens is 413 g/mol. The first kappa shape index (κ1) is 20.1. The van der Waals surface area contributed by atoms with Crippen molar-refractivity contribution in [2.24, 2.45) is 0 Å². The molecule has 2 aromatic carbocycles. The number of amides is 1. The standard InChI is InChI=1S/C19H14Cl2F2N2O3/c1-8-10(6-15(26)24-2)16-14(7-13(22)18(27)17(16)23)25(8)19(28)9-3-4-11(20)12(21)5-9/h3-5,7,27H,6H2,1-2H3,(H,24,26). The van der Waals surface area contributed by atoms with Gasteiger partial charge in [-0.05, 0) is 30.7 Å². The number of phenolic OH excluding ortho intramolecular Hbond substituents is 1. The number of aromatic hydroxyl groups is 1. The molecule has 0 aliphatic heterocycles. The van der Waals surface area contributed by atoms with Crippen LogP contribution in [0.5, 0.6) is 5.75 Å². The molecule has 0 unspecified atom stereocenters. The van der Waals surface area contributed by atoms with Gasteiger partial charge in [-0.15, -0.1) is 0 Å². The van der Waals surface area contributed by atoms with Gasteiger partial charge in [0.2, 0.25) is 5.91 Å². The topological polar surface area (TPSA) is 71.3 Å². The molecule has 0 aliphatic carbocycles. The number of phenols is 1. The SMILES string of the molecule is CNC(=O)Cc1c(C)n(C(=O)c2ccc(Cl)c(Cl)c2)c2cc(F)c(O)c(F)c12. The number of benzene rings is 2. The Hall–Kier alpha value is -2.64. The molecule has 0 bridgehead atoms. The predicted octanol–water partition coefficient (Wildman–Crippen LogP) is 4.22. The Morgan fingerprint density at radius 1 is 1.18 bits per heavy atom. The second-order valence-electron chi connectivity index (χ2n) is 6.10. The Morgan fingerprint density at radius 3 is 2.46 bits per heavy atom. The summed E-state index contributed by atoms with van der Waals surface area (Å²) in [4.78, 5) is 24.9. The molecule has 9 heteroatoms. The number of nitrogens with zero attached hydrogens (tertiary/aromatic N) is 1. The molecule has 0 aliphatic rings. The summed E-state index contributed by atoms with van der Waals surface area (Å²) >= 11 is 11.8. The number of carbonyl (C=O) groups excluding carboxylic acids is 2. The Kier molecular flexibility index (Phi) is 5.32. The van der Waals surface area contributed by atoms with Crippen molar-refractivity contribution in [2.75, 3.05) is 7.05 Å². The number of likely N-dealkylation sites (N-methyl/N-ethyl adjacent to an activating group) is 1. The largest absolute Gasteiger partial charge is 0.503 e. The smallest absolute Gasteiger partial charge is 0.262 e. The maximum atomic E-state index is 14.7. The van der Waals surface area contributed by atoms with E-state index in [9.17, 15) is 23.5 Å². The van der Waals surface area contributed by atoms with Crippen molar-refractivity contribution in [2.45, 2.75) is 13.3 Å². The van der Waals surface area contributed by atoms with Gasteiger partial charge in [0.05, 0.1) is 22.0 Å². The molecule has 1 aromatic heterocycles. The summed E-state index contributed by atoms with van der Waals surface area (Å²) < 4.78 is 29.8. The van der Waals surface area contributed by atoms with Crippen molar-refractivity contribution in [1.82, 2.24) is 9.88 Å². The Bertz CT molecular complexity index is 1140. The van der Waals surface area contributed by atoms with E-state index in [0.29, 0.717) is 0 Å². The molecule has 0 spiro atoms. The quantitative estimate of drug-likeness (QED) is 0.658. The first-order chi connectivity index (χ1) is 13.2. The van der Waals surface area contributed by atoms with Crippen LogP contribution in [0, 0.1) is 18.6 Å². The summed E-state index contributed by atoms with van der Waals surface area (Å²) in [6.07, 6.45) is -0.261. The average molecular weight is 427 g/mol. The zero-order valence-corrected chi connectivity index (χ0v) is 16.3. The molecule has 5 nitrogen and oxygen atoms in total. The van der Waals surface area contributed by atoms with Crippen molar-refractivity contribution < 1.29 is 23.5 Å². The maximum Gasteiger partial charge on any atom is 0.262 e. The minimum absolute atomic E-state index is 0.111. The van der Waals surface area contributed by atoms with Crippen LogP contribution in [0.15, 0.2) is 24.3 Å². The maximum absolute atomic E-state index is 14.7.